The highest BCUT2D eigenvalue weighted by Crippen LogP contribution is 2.26. The Balaban J connectivity index is 1.25. The van der Waals surface area contributed by atoms with Crippen molar-refractivity contribution in [2.45, 2.75) is 65.6 Å². The van der Waals surface area contributed by atoms with Gasteiger partial charge in [-0.1, -0.05) is 0 Å². The highest BCUT2D eigenvalue weighted by Gasteiger charge is 2.17. The van der Waals surface area contributed by atoms with Crippen molar-refractivity contribution in [1.82, 2.24) is 20.6 Å². The second-order valence-corrected chi connectivity index (χ2v) is 12.1. The lowest BCUT2D eigenvalue weighted by Crippen LogP contribution is -2.33. The number of hydrogen-bond acceptors (Lipinski definition) is 6. The molecule has 2 aromatic carbocycles. The van der Waals surface area contributed by atoms with E-state index in [1.54, 1.807) is 0 Å². The molecule has 226 valence electrons. The minimum absolute atomic E-state index is 0.378. The zero-order valence-electron chi connectivity index (χ0n) is 25.3. The molecule has 0 saturated carbocycles. The zero-order chi connectivity index (χ0) is 30.3. The van der Waals surface area contributed by atoms with E-state index in [2.05, 4.69) is 20.6 Å². The number of benzene rings is 2. The Morgan fingerprint density at radius 1 is 0.667 bits per heavy atom. The molecule has 0 atom stereocenters. The predicted octanol–water partition coefficient (Wildman–Crippen LogP) is 6.24. The van der Waals surface area contributed by atoms with Gasteiger partial charge in [-0.2, -0.15) is 0 Å². The number of ether oxygens (including phenoxy) is 4. The van der Waals surface area contributed by atoms with Gasteiger partial charge in [0.25, 0.3) is 0 Å². The number of aromatic amines is 2. The summed E-state index contributed by atoms with van der Waals surface area (Å²) in [6, 6.07) is 11.8. The lowest BCUT2D eigenvalue weighted by Gasteiger charge is -2.19. The molecule has 0 saturated heterocycles. The van der Waals surface area contributed by atoms with Gasteiger partial charge in [0.1, 0.15) is 35.9 Å². The number of nitrogens with one attached hydrogen (secondary N) is 4. The number of carbonyl (C=O) groups is 2. The number of fused-ring (bicyclic) bond motifs is 2. The Bertz CT molecular complexity index is 1390. The first-order valence-electron chi connectivity index (χ1n) is 14.3. The third kappa shape index (κ3) is 9.09. The van der Waals surface area contributed by atoms with Crippen LogP contribution in [0.3, 0.4) is 0 Å². The summed E-state index contributed by atoms with van der Waals surface area (Å²) in [7, 11) is 0. The summed E-state index contributed by atoms with van der Waals surface area (Å²) < 4.78 is 22.6. The van der Waals surface area contributed by atoms with Gasteiger partial charge in [0.2, 0.25) is 0 Å². The molecule has 4 N–H and O–H groups in total. The SMILES string of the molecule is CC(C)(C)OC(=O)NCCc1c[nH]c2ccc(OCCOc3ccc4[nH]cc(CCNC(=O)OC(C)(C)C)c4c3)cc12. The summed E-state index contributed by atoms with van der Waals surface area (Å²) in [6.45, 7) is 12.7. The fourth-order valence-electron chi connectivity index (χ4n) is 4.45. The van der Waals surface area contributed by atoms with Crippen LogP contribution >= 0.6 is 0 Å². The Morgan fingerprint density at radius 3 is 1.45 bits per heavy atom. The maximum atomic E-state index is 11.9. The van der Waals surface area contributed by atoms with Crippen LogP contribution in [0.5, 0.6) is 11.5 Å². The van der Waals surface area contributed by atoms with E-state index >= 15 is 0 Å². The van der Waals surface area contributed by atoms with Gasteiger partial charge in [-0.3, -0.25) is 0 Å². The molecule has 10 heteroatoms. The average molecular weight is 579 g/mol. The molecule has 0 aliphatic carbocycles. The maximum Gasteiger partial charge on any atom is 0.407 e. The average Bonchev–Trinajstić information content (AvgIpc) is 3.48. The topological polar surface area (TPSA) is 127 Å². The normalized spacial score (nSPS) is 11.9. The second kappa shape index (κ2) is 13.1. The third-order valence-electron chi connectivity index (χ3n) is 6.22. The molecule has 4 aromatic rings. The molecule has 10 nitrogen and oxygen atoms in total. The van der Waals surface area contributed by atoms with Crippen LogP contribution in [-0.4, -0.2) is 59.7 Å². The van der Waals surface area contributed by atoms with Crippen LogP contribution in [-0.2, 0) is 22.3 Å². The first kappa shape index (κ1) is 30.6. The molecule has 0 aliphatic rings. The number of aromatic nitrogens is 2. The van der Waals surface area contributed by atoms with E-state index in [9.17, 15) is 9.59 Å². The van der Waals surface area contributed by atoms with E-state index in [0.717, 1.165) is 44.4 Å². The molecule has 0 unspecified atom stereocenters. The fourth-order valence-corrected chi connectivity index (χ4v) is 4.45. The van der Waals surface area contributed by atoms with Crippen LogP contribution in [0.15, 0.2) is 48.8 Å². The molecule has 2 amide bonds. The van der Waals surface area contributed by atoms with Crippen molar-refractivity contribution in [3.8, 4) is 11.5 Å². The van der Waals surface area contributed by atoms with E-state index in [1.165, 1.54) is 0 Å². The molecule has 0 spiro atoms. The molecule has 42 heavy (non-hydrogen) atoms. The standard InChI is InChI=1S/C32H42N4O6/c1-31(2,3)41-29(37)33-13-11-21-19-35-27-9-7-23(17-25(21)27)39-15-16-40-24-8-10-28-26(18-24)22(20-36-28)12-14-34-30(38)42-32(4,5)6/h7-10,17-20,35-36H,11-16H2,1-6H3,(H,33,37)(H,34,38). The monoisotopic (exact) mass is 578 g/mol. The maximum absolute atomic E-state index is 11.9. The van der Waals surface area contributed by atoms with E-state index in [-0.39, 0.29) is 0 Å². The Morgan fingerprint density at radius 2 is 1.07 bits per heavy atom. The molecule has 2 heterocycles. The van der Waals surface area contributed by atoms with Crippen LogP contribution < -0.4 is 20.1 Å². The first-order valence-corrected chi connectivity index (χ1v) is 14.3. The van der Waals surface area contributed by atoms with Gasteiger partial charge in [-0.05, 0) is 102 Å². The van der Waals surface area contributed by atoms with E-state index < -0.39 is 23.4 Å². The quantitative estimate of drug-likeness (QED) is 0.156. The van der Waals surface area contributed by atoms with E-state index in [1.807, 2.05) is 90.3 Å². The van der Waals surface area contributed by atoms with Crippen LogP contribution in [0.1, 0.15) is 52.7 Å². The molecule has 2 aromatic heterocycles. The fraction of sp³-hybridized carbons (Fsp3) is 0.438. The van der Waals surface area contributed by atoms with Crippen molar-refractivity contribution in [3.05, 3.63) is 59.9 Å². The summed E-state index contributed by atoms with van der Waals surface area (Å²) in [5, 5.41) is 7.70. The minimum atomic E-state index is -0.527. The Hall–Kier alpha value is -4.34. The summed E-state index contributed by atoms with van der Waals surface area (Å²) >= 11 is 0. The van der Waals surface area contributed by atoms with Gasteiger partial charge in [0, 0.05) is 47.3 Å². The highest BCUT2D eigenvalue weighted by molar-refractivity contribution is 5.85. The summed E-state index contributed by atoms with van der Waals surface area (Å²) in [5.74, 6) is 1.49. The lowest BCUT2D eigenvalue weighted by atomic mass is 10.1. The van der Waals surface area contributed by atoms with Crippen molar-refractivity contribution in [1.29, 1.82) is 0 Å². The molecule has 4 rings (SSSR count). The van der Waals surface area contributed by atoms with Crippen molar-refractivity contribution >= 4 is 34.0 Å². The van der Waals surface area contributed by atoms with Crippen molar-refractivity contribution in [2.24, 2.45) is 0 Å². The van der Waals surface area contributed by atoms with Gasteiger partial charge >= 0.3 is 12.2 Å². The van der Waals surface area contributed by atoms with Crippen molar-refractivity contribution in [2.75, 3.05) is 26.3 Å². The van der Waals surface area contributed by atoms with E-state index in [4.69, 9.17) is 18.9 Å². The molecule has 0 fully saturated rings. The molecule has 0 radical (unpaired) electrons. The van der Waals surface area contributed by atoms with Crippen LogP contribution in [0, 0.1) is 0 Å². The highest BCUT2D eigenvalue weighted by atomic mass is 16.6. The predicted molar refractivity (Wildman–Crippen MR) is 163 cm³/mol. The van der Waals surface area contributed by atoms with Crippen LogP contribution in [0.25, 0.3) is 21.8 Å². The number of H-pyrrole nitrogens is 2. The second-order valence-electron chi connectivity index (χ2n) is 12.1. The third-order valence-corrected chi connectivity index (χ3v) is 6.22. The van der Waals surface area contributed by atoms with Crippen LogP contribution in [0.2, 0.25) is 0 Å². The van der Waals surface area contributed by atoms with Gasteiger partial charge in [0.05, 0.1) is 0 Å². The van der Waals surface area contributed by atoms with Gasteiger partial charge in [-0.25, -0.2) is 9.59 Å². The van der Waals surface area contributed by atoms with E-state index in [0.29, 0.717) is 39.1 Å². The Labute approximate surface area is 246 Å². The summed E-state index contributed by atoms with van der Waals surface area (Å²) in [5.41, 5.74) is 3.12. The van der Waals surface area contributed by atoms with Crippen molar-refractivity contribution in [3.63, 3.8) is 0 Å². The minimum Gasteiger partial charge on any atom is -0.490 e. The van der Waals surface area contributed by atoms with Gasteiger partial charge in [-0.15, -0.1) is 0 Å². The first-order chi connectivity index (χ1) is 19.9. The van der Waals surface area contributed by atoms with Gasteiger partial charge in [0.15, 0.2) is 0 Å². The van der Waals surface area contributed by atoms with Crippen molar-refractivity contribution < 1.29 is 28.5 Å². The molecular formula is C32H42N4O6. The number of carbonyl (C=O) groups excluding carboxylic acids is 2. The summed E-state index contributed by atoms with van der Waals surface area (Å²) in [4.78, 5) is 30.4. The Kier molecular flexibility index (Phi) is 9.55. The zero-order valence-corrected chi connectivity index (χ0v) is 25.3. The lowest BCUT2D eigenvalue weighted by molar-refractivity contribution is 0.0517. The number of hydrogen-bond donors (Lipinski definition) is 4. The smallest absolute Gasteiger partial charge is 0.407 e. The van der Waals surface area contributed by atoms with Crippen LogP contribution in [0.4, 0.5) is 9.59 Å². The number of amides is 2. The summed E-state index contributed by atoms with van der Waals surface area (Å²) in [6.07, 6.45) is 4.38. The number of alkyl carbamates (subject to hydrolysis) is 2. The van der Waals surface area contributed by atoms with Gasteiger partial charge < -0.3 is 39.5 Å². The molecule has 0 aliphatic heterocycles. The molecule has 0 bridgehead atoms. The largest absolute Gasteiger partial charge is 0.490 e. The molecular weight excluding hydrogens is 536 g/mol. The number of rotatable bonds is 11.